The molecule has 8 nitrogen and oxygen atoms in total. The fourth-order valence-electron chi connectivity index (χ4n) is 1.56. The summed E-state index contributed by atoms with van der Waals surface area (Å²) in [6, 6.07) is 4.81. The molecule has 0 saturated carbocycles. The van der Waals surface area contributed by atoms with E-state index in [2.05, 4.69) is 10.6 Å². The molecule has 0 atom stereocenters. The molecule has 0 aliphatic heterocycles. The van der Waals surface area contributed by atoms with Crippen LogP contribution in [0.2, 0.25) is 0 Å². The zero-order chi connectivity index (χ0) is 16.4. The summed E-state index contributed by atoms with van der Waals surface area (Å²) in [4.78, 5) is 23.4. The molecule has 22 heavy (non-hydrogen) atoms. The van der Waals surface area contributed by atoms with Gasteiger partial charge in [-0.3, -0.25) is 9.59 Å². The number of benzene rings is 1. The molecule has 0 aliphatic carbocycles. The lowest BCUT2D eigenvalue weighted by atomic mass is 10.2. The molecular formula is C14H20N2O6. The highest BCUT2D eigenvalue weighted by Gasteiger charge is 2.15. The molecule has 0 saturated heterocycles. The van der Waals surface area contributed by atoms with Crippen LogP contribution in [-0.4, -0.2) is 57.5 Å². The Morgan fingerprint density at radius 2 is 1.91 bits per heavy atom. The van der Waals surface area contributed by atoms with Crippen molar-refractivity contribution in [2.24, 2.45) is 0 Å². The Bertz CT molecular complexity index is 506. The summed E-state index contributed by atoms with van der Waals surface area (Å²) >= 11 is 0. The van der Waals surface area contributed by atoms with E-state index in [1.54, 1.807) is 18.2 Å². The molecule has 0 bridgehead atoms. The number of methoxy groups -OCH3 is 2. The lowest BCUT2D eigenvalue weighted by Gasteiger charge is -2.11. The molecular weight excluding hydrogens is 292 g/mol. The maximum absolute atomic E-state index is 11.8. The second-order valence-electron chi connectivity index (χ2n) is 4.11. The van der Waals surface area contributed by atoms with Crippen molar-refractivity contribution in [2.75, 3.05) is 45.9 Å². The second-order valence-corrected chi connectivity index (χ2v) is 4.11. The molecule has 0 unspecified atom stereocenters. The van der Waals surface area contributed by atoms with E-state index in [-0.39, 0.29) is 26.4 Å². The van der Waals surface area contributed by atoms with Gasteiger partial charge in [-0.25, -0.2) is 0 Å². The summed E-state index contributed by atoms with van der Waals surface area (Å²) in [5.41, 5.74) is 0.361. The van der Waals surface area contributed by atoms with Crippen molar-refractivity contribution < 1.29 is 28.9 Å². The molecule has 0 fully saturated rings. The molecule has 0 radical (unpaired) electrons. The molecule has 0 aliphatic rings. The van der Waals surface area contributed by atoms with Gasteiger partial charge in [-0.05, 0) is 12.1 Å². The van der Waals surface area contributed by atoms with Crippen LogP contribution < -0.4 is 20.1 Å². The minimum Gasteiger partial charge on any atom is -0.497 e. The number of carbonyl (C=O) groups is 2. The van der Waals surface area contributed by atoms with E-state index in [9.17, 15) is 9.59 Å². The largest absolute Gasteiger partial charge is 0.497 e. The highest BCUT2D eigenvalue weighted by atomic mass is 16.5. The quantitative estimate of drug-likeness (QED) is 0.452. The number of hydrogen-bond acceptors (Lipinski definition) is 6. The van der Waals surface area contributed by atoms with Gasteiger partial charge >= 0.3 is 11.8 Å². The van der Waals surface area contributed by atoms with Crippen molar-refractivity contribution >= 4 is 17.5 Å². The fourth-order valence-corrected chi connectivity index (χ4v) is 1.56. The van der Waals surface area contributed by atoms with Crippen molar-refractivity contribution in [3.05, 3.63) is 18.2 Å². The third kappa shape index (κ3) is 5.58. The van der Waals surface area contributed by atoms with E-state index in [1.807, 2.05) is 0 Å². The Hall–Kier alpha value is -2.32. The lowest BCUT2D eigenvalue weighted by molar-refractivity contribution is -0.136. The van der Waals surface area contributed by atoms with Gasteiger partial charge in [-0.2, -0.15) is 0 Å². The van der Waals surface area contributed by atoms with Crippen molar-refractivity contribution in [3.8, 4) is 11.5 Å². The predicted octanol–water partition coefficient (Wildman–Crippen LogP) is -0.233. The number of aliphatic hydroxyl groups excluding tert-OH is 1. The van der Waals surface area contributed by atoms with Gasteiger partial charge < -0.3 is 30.0 Å². The third-order valence-corrected chi connectivity index (χ3v) is 2.63. The minimum atomic E-state index is -0.814. The number of hydrogen-bond donors (Lipinski definition) is 3. The van der Waals surface area contributed by atoms with Crippen LogP contribution >= 0.6 is 0 Å². The van der Waals surface area contributed by atoms with Gasteiger partial charge in [-0.1, -0.05) is 0 Å². The summed E-state index contributed by atoms with van der Waals surface area (Å²) < 4.78 is 15.1. The average Bonchev–Trinajstić information content (AvgIpc) is 2.54. The number of nitrogens with one attached hydrogen (secondary N) is 2. The molecule has 1 aromatic carbocycles. The number of ether oxygens (including phenoxy) is 3. The molecule has 0 aromatic heterocycles. The summed E-state index contributed by atoms with van der Waals surface area (Å²) in [5, 5.41) is 13.4. The maximum atomic E-state index is 11.8. The van der Waals surface area contributed by atoms with Crippen molar-refractivity contribution in [1.82, 2.24) is 5.32 Å². The van der Waals surface area contributed by atoms with Crippen LogP contribution in [0.15, 0.2) is 18.2 Å². The SMILES string of the molecule is COc1ccc(NC(=O)C(=O)NCCOCCO)c(OC)c1. The zero-order valence-electron chi connectivity index (χ0n) is 12.5. The van der Waals surface area contributed by atoms with Gasteiger partial charge in [0.1, 0.15) is 11.5 Å². The first kappa shape index (κ1) is 17.7. The minimum absolute atomic E-state index is 0.0916. The van der Waals surface area contributed by atoms with Gasteiger partial charge in [0.2, 0.25) is 0 Å². The van der Waals surface area contributed by atoms with Crippen LogP contribution in [-0.2, 0) is 14.3 Å². The Labute approximate surface area is 128 Å². The first-order valence-electron chi connectivity index (χ1n) is 6.62. The van der Waals surface area contributed by atoms with Crippen molar-refractivity contribution in [2.45, 2.75) is 0 Å². The summed E-state index contributed by atoms with van der Waals surface area (Å²) in [6.45, 7) is 0.480. The maximum Gasteiger partial charge on any atom is 0.313 e. The van der Waals surface area contributed by atoms with Gasteiger partial charge in [0, 0.05) is 12.6 Å². The zero-order valence-corrected chi connectivity index (χ0v) is 12.5. The molecule has 1 aromatic rings. The Balaban J connectivity index is 2.51. The fraction of sp³-hybridized carbons (Fsp3) is 0.429. The number of amides is 2. The molecule has 0 heterocycles. The molecule has 0 spiro atoms. The Morgan fingerprint density at radius 3 is 2.55 bits per heavy atom. The summed E-state index contributed by atoms with van der Waals surface area (Å²) in [7, 11) is 2.96. The summed E-state index contributed by atoms with van der Waals surface area (Å²) in [6.07, 6.45) is 0. The molecule has 122 valence electrons. The number of carbonyl (C=O) groups excluding carboxylic acids is 2. The Kier molecular flexibility index (Phi) is 7.73. The average molecular weight is 312 g/mol. The second kappa shape index (κ2) is 9.59. The van der Waals surface area contributed by atoms with E-state index < -0.39 is 11.8 Å². The molecule has 1 rings (SSSR count). The van der Waals surface area contributed by atoms with Crippen LogP contribution in [0.5, 0.6) is 11.5 Å². The van der Waals surface area contributed by atoms with Crippen LogP contribution in [0, 0.1) is 0 Å². The van der Waals surface area contributed by atoms with E-state index in [0.717, 1.165) is 0 Å². The van der Waals surface area contributed by atoms with Crippen LogP contribution in [0.25, 0.3) is 0 Å². The van der Waals surface area contributed by atoms with Crippen molar-refractivity contribution in [3.63, 3.8) is 0 Å². The molecule has 8 heteroatoms. The summed E-state index contributed by atoms with van der Waals surface area (Å²) in [5.74, 6) is -0.650. The standard InChI is InChI=1S/C14H20N2O6/c1-20-10-3-4-11(12(9-10)21-2)16-14(19)13(18)15-5-7-22-8-6-17/h3-4,9,17H,5-8H2,1-2H3,(H,15,18)(H,16,19). The van der Waals surface area contributed by atoms with Crippen molar-refractivity contribution in [1.29, 1.82) is 0 Å². The van der Waals surface area contributed by atoms with Gasteiger partial charge in [-0.15, -0.1) is 0 Å². The topological polar surface area (TPSA) is 106 Å². The number of aliphatic hydroxyl groups is 1. The molecule has 3 N–H and O–H groups in total. The first-order valence-corrected chi connectivity index (χ1v) is 6.62. The van der Waals surface area contributed by atoms with Crippen LogP contribution in [0.1, 0.15) is 0 Å². The van der Waals surface area contributed by atoms with Gasteiger partial charge in [0.05, 0.1) is 39.7 Å². The van der Waals surface area contributed by atoms with Gasteiger partial charge in [0.25, 0.3) is 0 Å². The van der Waals surface area contributed by atoms with E-state index in [0.29, 0.717) is 17.2 Å². The molecule has 2 amide bonds. The normalized spacial score (nSPS) is 9.95. The Morgan fingerprint density at radius 1 is 1.14 bits per heavy atom. The predicted molar refractivity (Wildman–Crippen MR) is 79.1 cm³/mol. The smallest absolute Gasteiger partial charge is 0.313 e. The third-order valence-electron chi connectivity index (χ3n) is 2.63. The van der Waals surface area contributed by atoms with E-state index in [4.69, 9.17) is 19.3 Å². The lowest BCUT2D eigenvalue weighted by Crippen LogP contribution is -2.37. The number of rotatable bonds is 8. The van der Waals surface area contributed by atoms with Crippen LogP contribution in [0.3, 0.4) is 0 Å². The van der Waals surface area contributed by atoms with E-state index >= 15 is 0 Å². The number of anilines is 1. The monoisotopic (exact) mass is 312 g/mol. The van der Waals surface area contributed by atoms with Crippen LogP contribution in [0.4, 0.5) is 5.69 Å². The first-order chi connectivity index (χ1) is 10.6. The highest BCUT2D eigenvalue weighted by Crippen LogP contribution is 2.28. The highest BCUT2D eigenvalue weighted by molar-refractivity contribution is 6.39. The van der Waals surface area contributed by atoms with Gasteiger partial charge in [0.15, 0.2) is 0 Å². The van der Waals surface area contributed by atoms with E-state index in [1.165, 1.54) is 14.2 Å².